The lowest BCUT2D eigenvalue weighted by molar-refractivity contribution is 0.0770. The van der Waals surface area contributed by atoms with Crippen LogP contribution in [-0.4, -0.2) is 24.4 Å². The predicted octanol–water partition coefficient (Wildman–Crippen LogP) is 0.610. The van der Waals surface area contributed by atoms with Crippen molar-refractivity contribution in [2.24, 2.45) is 4.99 Å². The highest BCUT2D eigenvalue weighted by molar-refractivity contribution is 5.99. The summed E-state index contributed by atoms with van der Waals surface area (Å²) in [6.45, 7) is 4.48. The van der Waals surface area contributed by atoms with E-state index in [0.717, 1.165) is 18.1 Å². The fraction of sp³-hybridized carbons (Fsp3) is 0.375. The van der Waals surface area contributed by atoms with Crippen LogP contribution in [0.25, 0.3) is 0 Å². The summed E-state index contributed by atoms with van der Waals surface area (Å²) in [6, 6.07) is 0. The number of nitrogens with one attached hydrogen (secondary N) is 1. The van der Waals surface area contributed by atoms with Crippen LogP contribution in [0.2, 0.25) is 0 Å². The van der Waals surface area contributed by atoms with Crippen LogP contribution < -0.4 is 5.48 Å². The summed E-state index contributed by atoms with van der Waals surface area (Å²) in [4.78, 5) is 11.2. The molecule has 4 nitrogen and oxygen atoms in total. The van der Waals surface area contributed by atoms with Crippen LogP contribution in [0.15, 0.2) is 29.2 Å². The van der Waals surface area contributed by atoms with Crippen molar-refractivity contribution in [1.82, 2.24) is 10.4 Å². The van der Waals surface area contributed by atoms with Gasteiger partial charge in [0.15, 0.2) is 5.84 Å². The highest BCUT2D eigenvalue weighted by Crippen LogP contribution is 2.17. The number of hydrogen-bond acceptors (Lipinski definition) is 4. The molecule has 2 heterocycles. The number of hydroxylamine groups is 1. The maximum absolute atomic E-state index is 5.04. The smallest absolute Gasteiger partial charge is 0.156 e. The van der Waals surface area contributed by atoms with Gasteiger partial charge in [-0.2, -0.15) is 0 Å². The van der Waals surface area contributed by atoms with Gasteiger partial charge < -0.3 is 4.90 Å². The topological polar surface area (TPSA) is 36.9 Å². The Morgan fingerprint density at radius 3 is 3.42 bits per heavy atom. The van der Waals surface area contributed by atoms with E-state index in [2.05, 4.69) is 17.1 Å². The molecule has 0 aliphatic carbocycles. The first-order valence-electron chi connectivity index (χ1n) is 3.86. The SMILES string of the molecule is C=C1N=C2NOCCC2=CN1C. The van der Waals surface area contributed by atoms with Crippen molar-refractivity contribution in [3.05, 3.63) is 24.2 Å². The molecule has 0 aromatic heterocycles. The molecule has 0 saturated carbocycles. The molecule has 1 saturated heterocycles. The van der Waals surface area contributed by atoms with Gasteiger partial charge in [-0.05, 0) is 0 Å². The molecule has 12 heavy (non-hydrogen) atoms. The summed E-state index contributed by atoms with van der Waals surface area (Å²) in [5.41, 5.74) is 3.94. The Morgan fingerprint density at radius 2 is 2.58 bits per heavy atom. The van der Waals surface area contributed by atoms with Gasteiger partial charge in [0.1, 0.15) is 5.82 Å². The first-order chi connectivity index (χ1) is 5.77. The Hall–Kier alpha value is -1.29. The molecular formula is C8H11N3O. The summed E-state index contributed by atoms with van der Waals surface area (Å²) in [6.07, 6.45) is 2.93. The zero-order valence-electron chi connectivity index (χ0n) is 7.00. The second kappa shape index (κ2) is 2.64. The van der Waals surface area contributed by atoms with E-state index in [9.17, 15) is 0 Å². The molecule has 0 aromatic rings. The number of aliphatic imine (C=N–C) groups is 1. The van der Waals surface area contributed by atoms with Crippen molar-refractivity contribution < 1.29 is 4.84 Å². The molecule has 2 aliphatic heterocycles. The normalized spacial score (nSPS) is 22.4. The fourth-order valence-electron chi connectivity index (χ4n) is 1.20. The van der Waals surface area contributed by atoms with Crippen LogP contribution in [-0.2, 0) is 4.84 Å². The minimum atomic E-state index is 0.700. The van der Waals surface area contributed by atoms with Crippen LogP contribution in [0.1, 0.15) is 6.42 Å². The van der Waals surface area contributed by atoms with Crippen LogP contribution in [0.3, 0.4) is 0 Å². The van der Waals surface area contributed by atoms with E-state index < -0.39 is 0 Å². The number of hydrogen-bond donors (Lipinski definition) is 1. The highest BCUT2D eigenvalue weighted by Gasteiger charge is 2.18. The van der Waals surface area contributed by atoms with Gasteiger partial charge in [0.2, 0.25) is 0 Å². The molecular weight excluding hydrogens is 154 g/mol. The predicted molar refractivity (Wildman–Crippen MR) is 46.1 cm³/mol. The maximum Gasteiger partial charge on any atom is 0.156 e. The summed E-state index contributed by atoms with van der Waals surface area (Å²) in [5.74, 6) is 1.52. The van der Waals surface area contributed by atoms with Crippen molar-refractivity contribution in [1.29, 1.82) is 0 Å². The van der Waals surface area contributed by atoms with E-state index in [1.165, 1.54) is 5.57 Å². The third-order valence-corrected chi connectivity index (χ3v) is 1.94. The third kappa shape index (κ3) is 1.10. The highest BCUT2D eigenvalue weighted by atomic mass is 16.6. The first-order valence-corrected chi connectivity index (χ1v) is 3.86. The third-order valence-electron chi connectivity index (χ3n) is 1.94. The van der Waals surface area contributed by atoms with Crippen molar-refractivity contribution in [3.63, 3.8) is 0 Å². The molecule has 2 rings (SSSR count). The zero-order valence-corrected chi connectivity index (χ0v) is 7.00. The summed E-state index contributed by atoms with van der Waals surface area (Å²) in [5, 5.41) is 0. The summed E-state index contributed by atoms with van der Waals surface area (Å²) in [7, 11) is 1.94. The standard InChI is InChI=1S/C8H11N3O/c1-6-9-8-7(5-11(6)2)3-4-12-10-8/h5H,1,3-4H2,2H3,(H,9,10). The van der Waals surface area contributed by atoms with Gasteiger partial charge in [-0.3, -0.25) is 4.84 Å². The molecule has 0 unspecified atom stereocenters. The van der Waals surface area contributed by atoms with E-state index in [4.69, 9.17) is 4.84 Å². The average Bonchev–Trinajstić information content (AvgIpc) is 2.07. The minimum absolute atomic E-state index is 0.700. The quantitative estimate of drug-likeness (QED) is 0.571. The summed E-state index contributed by atoms with van der Waals surface area (Å²) < 4.78 is 0. The van der Waals surface area contributed by atoms with Gasteiger partial charge in [-0.25, -0.2) is 10.5 Å². The molecule has 0 atom stereocenters. The lowest BCUT2D eigenvalue weighted by Gasteiger charge is -2.26. The van der Waals surface area contributed by atoms with Gasteiger partial charge in [-0.15, -0.1) is 0 Å². The van der Waals surface area contributed by atoms with Gasteiger partial charge >= 0.3 is 0 Å². The molecule has 4 heteroatoms. The van der Waals surface area contributed by atoms with Gasteiger partial charge in [0.25, 0.3) is 0 Å². The number of nitrogens with zero attached hydrogens (tertiary/aromatic N) is 2. The second-order valence-corrected chi connectivity index (χ2v) is 2.84. The van der Waals surface area contributed by atoms with E-state index in [1.807, 2.05) is 18.1 Å². The van der Waals surface area contributed by atoms with E-state index in [1.54, 1.807) is 0 Å². The van der Waals surface area contributed by atoms with E-state index in [-0.39, 0.29) is 0 Å². The van der Waals surface area contributed by atoms with Gasteiger partial charge in [-0.1, -0.05) is 6.58 Å². The number of rotatable bonds is 0. The van der Waals surface area contributed by atoms with Crippen LogP contribution >= 0.6 is 0 Å². The fourth-order valence-corrected chi connectivity index (χ4v) is 1.20. The molecule has 0 bridgehead atoms. The maximum atomic E-state index is 5.04. The van der Waals surface area contributed by atoms with Crippen molar-refractivity contribution in [2.75, 3.05) is 13.7 Å². The monoisotopic (exact) mass is 165 g/mol. The Labute approximate surface area is 71.2 Å². The number of fused-ring (bicyclic) bond motifs is 1. The Bertz CT molecular complexity index is 280. The molecule has 64 valence electrons. The first kappa shape index (κ1) is 7.36. The van der Waals surface area contributed by atoms with Gasteiger partial charge in [0.05, 0.1) is 6.61 Å². The van der Waals surface area contributed by atoms with Crippen LogP contribution in [0.4, 0.5) is 0 Å². The molecule has 0 aromatic carbocycles. The lowest BCUT2D eigenvalue weighted by Crippen LogP contribution is -2.35. The van der Waals surface area contributed by atoms with Gasteiger partial charge in [0, 0.05) is 25.2 Å². The Balaban J connectivity index is 2.29. The molecule has 1 N–H and O–H groups in total. The molecule has 2 aliphatic rings. The summed E-state index contributed by atoms with van der Waals surface area (Å²) >= 11 is 0. The second-order valence-electron chi connectivity index (χ2n) is 2.84. The Morgan fingerprint density at radius 1 is 1.75 bits per heavy atom. The molecule has 0 amide bonds. The minimum Gasteiger partial charge on any atom is -0.336 e. The number of amidine groups is 1. The largest absolute Gasteiger partial charge is 0.336 e. The van der Waals surface area contributed by atoms with Crippen LogP contribution in [0, 0.1) is 0 Å². The van der Waals surface area contributed by atoms with Crippen molar-refractivity contribution >= 4 is 5.84 Å². The Kier molecular flexibility index (Phi) is 1.62. The molecule has 1 fully saturated rings. The average molecular weight is 165 g/mol. The molecule has 0 radical (unpaired) electrons. The van der Waals surface area contributed by atoms with Crippen molar-refractivity contribution in [3.8, 4) is 0 Å². The molecule has 0 spiro atoms. The van der Waals surface area contributed by atoms with Crippen LogP contribution in [0.5, 0.6) is 0 Å². The lowest BCUT2D eigenvalue weighted by atomic mass is 10.1. The van der Waals surface area contributed by atoms with E-state index in [0.29, 0.717) is 6.61 Å². The van der Waals surface area contributed by atoms with E-state index >= 15 is 0 Å². The zero-order chi connectivity index (χ0) is 8.55. The van der Waals surface area contributed by atoms with Crippen molar-refractivity contribution in [2.45, 2.75) is 6.42 Å².